The van der Waals surface area contributed by atoms with Crippen LogP contribution in [-0.4, -0.2) is 28.0 Å². The molecule has 0 unspecified atom stereocenters. The average molecular weight is 281 g/mol. The van der Waals surface area contributed by atoms with E-state index in [0.717, 1.165) is 37.4 Å². The van der Waals surface area contributed by atoms with Gasteiger partial charge in [-0.3, -0.25) is 4.90 Å². The van der Waals surface area contributed by atoms with Crippen molar-refractivity contribution in [2.75, 3.05) is 13.1 Å². The maximum Gasteiger partial charge on any atom is 0.159 e. The molecular formula is C18H23N3. The van der Waals surface area contributed by atoms with E-state index in [0.29, 0.717) is 5.92 Å². The molecule has 1 aromatic heterocycles. The second-order valence-electron chi connectivity index (χ2n) is 6.41. The Morgan fingerprint density at radius 1 is 1.19 bits per heavy atom. The highest BCUT2D eigenvalue weighted by atomic mass is 15.1. The van der Waals surface area contributed by atoms with Gasteiger partial charge in [-0.25, -0.2) is 9.97 Å². The second-order valence-corrected chi connectivity index (χ2v) is 6.41. The molecule has 0 N–H and O–H groups in total. The van der Waals surface area contributed by atoms with Crippen molar-refractivity contribution in [3.8, 4) is 11.4 Å². The Morgan fingerprint density at radius 3 is 2.67 bits per heavy atom. The molecule has 0 fully saturated rings. The van der Waals surface area contributed by atoms with Crippen molar-refractivity contribution in [3.05, 3.63) is 47.3 Å². The van der Waals surface area contributed by atoms with Gasteiger partial charge in [-0.15, -0.1) is 0 Å². The molecular weight excluding hydrogens is 258 g/mol. The first-order valence-corrected chi connectivity index (χ1v) is 7.76. The number of aromatic nitrogens is 2. The molecule has 0 atom stereocenters. The zero-order valence-corrected chi connectivity index (χ0v) is 13.1. The van der Waals surface area contributed by atoms with E-state index in [2.05, 4.69) is 54.9 Å². The van der Waals surface area contributed by atoms with Crippen LogP contribution < -0.4 is 0 Å². The lowest BCUT2D eigenvalue weighted by Crippen LogP contribution is -2.34. The minimum Gasteiger partial charge on any atom is -0.297 e. The second kappa shape index (κ2) is 5.94. The summed E-state index contributed by atoms with van der Waals surface area (Å²) in [5, 5.41) is 0. The molecule has 2 aromatic rings. The molecule has 0 amide bonds. The third kappa shape index (κ3) is 3.30. The van der Waals surface area contributed by atoms with Crippen LogP contribution in [0.4, 0.5) is 0 Å². The normalized spacial score (nSPS) is 15.2. The van der Waals surface area contributed by atoms with Gasteiger partial charge in [-0.1, -0.05) is 43.7 Å². The summed E-state index contributed by atoms with van der Waals surface area (Å²) in [6, 6.07) is 8.43. The first-order chi connectivity index (χ1) is 10.1. The molecule has 3 heteroatoms. The Kier molecular flexibility index (Phi) is 4.02. The molecule has 110 valence electrons. The molecule has 0 saturated carbocycles. The summed E-state index contributed by atoms with van der Waals surface area (Å²) in [6.07, 6.45) is 3.08. The molecule has 0 aliphatic carbocycles. The highest BCUT2D eigenvalue weighted by Gasteiger charge is 2.19. The number of rotatable bonds is 3. The van der Waals surface area contributed by atoms with Crippen molar-refractivity contribution in [2.45, 2.75) is 33.7 Å². The summed E-state index contributed by atoms with van der Waals surface area (Å²) in [5.74, 6) is 1.55. The Bertz CT molecular complexity index is 617. The van der Waals surface area contributed by atoms with Crippen LogP contribution in [0.5, 0.6) is 0 Å². The maximum absolute atomic E-state index is 4.82. The molecule has 3 nitrogen and oxygen atoms in total. The van der Waals surface area contributed by atoms with E-state index >= 15 is 0 Å². The summed E-state index contributed by atoms with van der Waals surface area (Å²) in [4.78, 5) is 11.9. The number of fused-ring (bicyclic) bond motifs is 1. The zero-order chi connectivity index (χ0) is 14.8. The van der Waals surface area contributed by atoms with Gasteiger partial charge in [0.15, 0.2) is 5.82 Å². The molecule has 1 aliphatic rings. The van der Waals surface area contributed by atoms with E-state index in [1.54, 1.807) is 0 Å². The average Bonchev–Trinajstić information content (AvgIpc) is 2.46. The fourth-order valence-corrected chi connectivity index (χ4v) is 2.87. The van der Waals surface area contributed by atoms with Gasteiger partial charge in [0.1, 0.15) is 0 Å². The number of benzene rings is 1. The molecule has 21 heavy (non-hydrogen) atoms. The highest BCUT2D eigenvalue weighted by Crippen LogP contribution is 2.21. The third-order valence-corrected chi connectivity index (χ3v) is 3.96. The summed E-state index contributed by atoms with van der Waals surface area (Å²) >= 11 is 0. The summed E-state index contributed by atoms with van der Waals surface area (Å²) in [7, 11) is 0. The minimum absolute atomic E-state index is 0.699. The number of hydrogen-bond donors (Lipinski definition) is 0. The fourth-order valence-electron chi connectivity index (χ4n) is 2.87. The van der Waals surface area contributed by atoms with Crippen molar-refractivity contribution in [1.29, 1.82) is 0 Å². The summed E-state index contributed by atoms with van der Waals surface area (Å²) in [6.45, 7) is 9.86. The highest BCUT2D eigenvalue weighted by molar-refractivity contribution is 5.55. The van der Waals surface area contributed by atoms with Gasteiger partial charge in [-0.2, -0.15) is 0 Å². The van der Waals surface area contributed by atoms with Gasteiger partial charge in [-0.05, 0) is 24.8 Å². The van der Waals surface area contributed by atoms with E-state index in [1.807, 2.05) is 6.20 Å². The SMILES string of the molecule is Cc1ccc(-c2ncc3c(n2)CN(CC(C)C)CC3)cc1. The summed E-state index contributed by atoms with van der Waals surface area (Å²) < 4.78 is 0. The predicted molar refractivity (Wildman–Crippen MR) is 86.0 cm³/mol. The number of hydrogen-bond acceptors (Lipinski definition) is 3. The monoisotopic (exact) mass is 281 g/mol. The lowest BCUT2D eigenvalue weighted by Gasteiger charge is -2.29. The Morgan fingerprint density at radius 2 is 1.95 bits per heavy atom. The van der Waals surface area contributed by atoms with E-state index in [9.17, 15) is 0 Å². The van der Waals surface area contributed by atoms with Crippen molar-refractivity contribution < 1.29 is 0 Å². The largest absolute Gasteiger partial charge is 0.297 e. The van der Waals surface area contributed by atoms with Crippen LogP contribution in [0.15, 0.2) is 30.5 Å². The van der Waals surface area contributed by atoms with Crippen molar-refractivity contribution in [1.82, 2.24) is 14.9 Å². The van der Waals surface area contributed by atoms with Gasteiger partial charge in [0.05, 0.1) is 5.69 Å². The van der Waals surface area contributed by atoms with E-state index in [-0.39, 0.29) is 0 Å². The first kappa shape index (κ1) is 14.2. The predicted octanol–water partition coefficient (Wildman–Crippen LogP) is 3.47. The van der Waals surface area contributed by atoms with Crippen molar-refractivity contribution in [3.63, 3.8) is 0 Å². The molecule has 1 aliphatic heterocycles. The number of nitrogens with zero attached hydrogens (tertiary/aromatic N) is 3. The lowest BCUT2D eigenvalue weighted by molar-refractivity contribution is 0.223. The fraction of sp³-hybridized carbons (Fsp3) is 0.444. The molecule has 1 aromatic carbocycles. The summed E-state index contributed by atoms with van der Waals surface area (Å²) in [5.41, 5.74) is 4.88. The molecule has 0 saturated heterocycles. The third-order valence-electron chi connectivity index (χ3n) is 3.96. The molecule has 3 rings (SSSR count). The standard InChI is InChI=1S/C18H23N3/c1-13(2)11-21-9-8-16-10-19-18(20-17(16)12-21)15-6-4-14(3)5-7-15/h4-7,10,13H,8-9,11-12H2,1-3H3. The van der Waals surface area contributed by atoms with E-state index in [1.165, 1.54) is 16.8 Å². The molecule has 2 heterocycles. The van der Waals surface area contributed by atoms with Gasteiger partial charge in [0, 0.05) is 31.4 Å². The molecule has 0 radical (unpaired) electrons. The van der Waals surface area contributed by atoms with Crippen LogP contribution in [0.25, 0.3) is 11.4 Å². The topological polar surface area (TPSA) is 29.0 Å². The Balaban J connectivity index is 1.85. The quantitative estimate of drug-likeness (QED) is 0.862. The molecule has 0 bridgehead atoms. The maximum atomic E-state index is 4.82. The number of aryl methyl sites for hydroxylation is 1. The van der Waals surface area contributed by atoms with Gasteiger partial charge < -0.3 is 0 Å². The lowest BCUT2D eigenvalue weighted by atomic mass is 10.0. The Labute approximate surface area is 127 Å². The zero-order valence-electron chi connectivity index (χ0n) is 13.1. The van der Waals surface area contributed by atoms with Gasteiger partial charge in [0.2, 0.25) is 0 Å². The first-order valence-electron chi connectivity index (χ1n) is 7.76. The van der Waals surface area contributed by atoms with Crippen LogP contribution in [0, 0.1) is 12.8 Å². The Hall–Kier alpha value is -1.74. The van der Waals surface area contributed by atoms with E-state index < -0.39 is 0 Å². The van der Waals surface area contributed by atoms with Gasteiger partial charge >= 0.3 is 0 Å². The van der Waals surface area contributed by atoms with Crippen LogP contribution in [0.3, 0.4) is 0 Å². The van der Waals surface area contributed by atoms with Crippen LogP contribution >= 0.6 is 0 Å². The smallest absolute Gasteiger partial charge is 0.159 e. The van der Waals surface area contributed by atoms with Crippen LogP contribution in [0.1, 0.15) is 30.7 Å². The van der Waals surface area contributed by atoms with Crippen LogP contribution in [-0.2, 0) is 13.0 Å². The van der Waals surface area contributed by atoms with Crippen molar-refractivity contribution in [2.24, 2.45) is 5.92 Å². The van der Waals surface area contributed by atoms with E-state index in [4.69, 9.17) is 4.98 Å². The minimum atomic E-state index is 0.699. The van der Waals surface area contributed by atoms with Gasteiger partial charge in [0.25, 0.3) is 0 Å². The molecule has 0 spiro atoms. The van der Waals surface area contributed by atoms with Crippen LogP contribution in [0.2, 0.25) is 0 Å². The van der Waals surface area contributed by atoms with Crippen molar-refractivity contribution >= 4 is 0 Å².